The van der Waals surface area contributed by atoms with Gasteiger partial charge in [0.1, 0.15) is 0 Å². The quantitative estimate of drug-likeness (QED) is 0.745. The molecule has 1 saturated heterocycles. The third kappa shape index (κ3) is 2.81. The fourth-order valence-electron chi connectivity index (χ4n) is 3.64. The predicted molar refractivity (Wildman–Crippen MR) is 96.5 cm³/mol. The van der Waals surface area contributed by atoms with Crippen molar-refractivity contribution in [2.45, 2.75) is 36.7 Å². The Morgan fingerprint density at radius 1 is 0.880 bits per heavy atom. The van der Waals surface area contributed by atoms with Gasteiger partial charge in [-0.2, -0.15) is 4.31 Å². The monoisotopic (exact) mass is 355 g/mol. The third-order valence-electron chi connectivity index (χ3n) is 4.89. The van der Waals surface area contributed by atoms with E-state index in [9.17, 15) is 8.42 Å². The first kappa shape index (κ1) is 16.2. The molecule has 4 rings (SSSR count). The highest BCUT2D eigenvalue weighted by Gasteiger charge is 2.44. The van der Waals surface area contributed by atoms with Crippen LogP contribution in [0.4, 0.5) is 0 Å². The number of rotatable bonds is 4. The summed E-state index contributed by atoms with van der Waals surface area (Å²) >= 11 is 0. The molecule has 0 spiro atoms. The molecule has 0 radical (unpaired) electrons. The second-order valence-corrected chi connectivity index (χ2v) is 8.35. The molecule has 0 bridgehead atoms. The van der Waals surface area contributed by atoms with Crippen molar-refractivity contribution in [3.63, 3.8) is 0 Å². The van der Waals surface area contributed by atoms with Crippen molar-refractivity contribution in [1.29, 1.82) is 0 Å². The largest absolute Gasteiger partial charge is 0.364 e. The zero-order valence-corrected chi connectivity index (χ0v) is 14.8. The number of nitrogens with one attached hydrogen (secondary N) is 2. The van der Waals surface area contributed by atoms with Crippen molar-refractivity contribution in [2.75, 3.05) is 0 Å². The van der Waals surface area contributed by atoms with Gasteiger partial charge in [-0.15, -0.1) is 0 Å². The molecular formula is C19H21N3O2S. The zero-order chi connectivity index (χ0) is 17.4. The SMILES string of the molecule is Cc1ccc(S(=O)(=O)N2[C@H](c3ccc[nH]3)CC[C@H]2c2ccc[nH]2)cc1. The second kappa shape index (κ2) is 6.20. The minimum Gasteiger partial charge on any atom is -0.364 e. The third-order valence-corrected chi connectivity index (χ3v) is 6.82. The minimum atomic E-state index is -3.61. The first-order chi connectivity index (χ1) is 12.1. The Morgan fingerprint density at radius 2 is 1.40 bits per heavy atom. The summed E-state index contributed by atoms with van der Waals surface area (Å²) in [5, 5.41) is 0. The molecule has 2 aromatic heterocycles. The molecule has 1 fully saturated rings. The normalized spacial score (nSPS) is 21.6. The molecule has 130 valence electrons. The van der Waals surface area contributed by atoms with E-state index < -0.39 is 10.0 Å². The van der Waals surface area contributed by atoms with E-state index >= 15 is 0 Å². The van der Waals surface area contributed by atoms with Crippen molar-refractivity contribution >= 4 is 10.0 Å². The summed E-state index contributed by atoms with van der Waals surface area (Å²) in [7, 11) is -3.61. The van der Waals surface area contributed by atoms with Crippen LogP contribution in [0.2, 0.25) is 0 Å². The Kier molecular flexibility index (Phi) is 4.01. The van der Waals surface area contributed by atoms with Gasteiger partial charge in [0.2, 0.25) is 10.0 Å². The summed E-state index contributed by atoms with van der Waals surface area (Å²) in [6, 6.07) is 14.4. The van der Waals surface area contributed by atoms with Gasteiger partial charge in [0.05, 0.1) is 17.0 Å². The topological polar surface area (TPSA) is 69.0 Å². The van der Waals surface area contributed by atoms with Gasteiger partial charge in [0, 0.05) is 23.8 Å². The number of nitrogens with zero attached hydrogens (tertiary/aromatic N) is 1. The number of hydrogen-bond acceptors (Lipinski definition) is 2. The van der Waals surface area contributed by atoms with E-state index in [1.807, 2.05) is 55.7 Å². The zero-order valence-electron chi connectivity index (χ0n) is 14.0. The molecule has 5 nitrogen and oxygen atoms in total. The molecular weight excluding hydrogens is 334 g/mol. The predicted octanol–water partition coefficient (Wildman–Crippen LogP) is 3.92. The van der Waals surface area contributed by atoms with Gasteiger partial charge in [0.25, 0.3) is 0 Å². The molecule has 0 amide bonds. The first-order valence-corrected chi connectivity index (χ1v) is 9.88. The van der Waals surface area contributed by atoms with Gasteiger partial charge < -0.3 is 9.97 Å². The molecule has 1 aliphatic rings. The summed E-state index contributed by atoms with van der Waals surface area (Å²) in [4.78, 5) is 6.72. The van der Waals surface area contributed by atoms with Gasteiger partial charge in [-0.25, -0.2) is 8.42 Å². The van der Waals surface area contributed by atoms with E-state index in [1.165, 1.54) is 0 Å². The maximum Gasteiger partial charge on any atom is 0.244 e. The van der Waals surface area contributed by atoms with Crippen LogP contribution in [0.1, 0.15) is 41.9 Å². The van der Waals surface area contributed by atoms with Crippen LogP contribution in [-0.2, 0) is 10.0 Å². The van der Waals surface area contributed by atoms with Crippen molar-refractivity contribution in [1.82, 2.24) is 14.3 Å². The number of hydrogen-bond donors (Lipinski definition) is 2. The smallest absolute Gasteiger partial charge is 0.244 e. The Morgan fingerprint density at radius 3 is 1.84 bits per heavy atom. The molecule has 25 heavy (non-hydrogen) atoms. The van der Waals surface area contributed by atoms with Crippen molar-refractivity contribution in [3.8, 4) is 0 Å². The molecule has 0 aliphatic carbocycles. The average molecular weight is 355 g/mol. The maximum absolute atomic E-state index is 13.5. The maximum atomic E-state index is 13.5. The number of aromatic amines is 2. The summed E-state index contributed by atoms with van der Waals surface area (Å²) < 4.78 is 28.6. The standard InChI is InChI=1S/C19H21N3O2S/c1-14-6-8-15(9-7-14)25(23,24)22-18(16-4-2-12-20-16)10-11-19(22)17-5-3-13-21-17/h2-9,12-13,18-21H,10-11H2,1H3/t18-,19-/m0/s1. The minimum absolute atomic E-state index is 0.186. The highest BCUT2D eigenvalue weighted by atomic mass is 32.2. The van der Waals surface area contributed by atoms with Crippen LogP contribution in [0.3, 0.4) is 0 Å². The van der Waals surface area contributed by atoms with E-state index in [1.54, 1.807) is 16.4 Å². The van der Waals surface area contributed by atoms with Crippen LogP contribution in [0.5, 0.6) is 0 Å². The van der Waals surface area contributed by atoms with Crippen LogP contribution in [0.25, 0.3) is 0 Å². The summed E-state index contributed by atoms with van der Waals surface area (Å²) in [5.41, 5.74) is 2.91. The van der Waals surface area contributed by atoms with Crippen molar-refractivity contribution in [2.24, 2.45) is 0 Å². The highest BCUT2D eigenvalue weighted by Crippen LogP contribution is 2.46. The average Bonchev–Trinajstić information content (AvgIpc) is 3.34. The second-order valence-electron chi connectivity index (χ2n) is 6.51. The summed E-state index contributed by atoms with van der Waals surface area (Å²) in [6.45, 7) is 1.95. The fraction of sp³-hybridized carbons (Fsp3) is 0.263. The lowest BCUT2D eigenvalue weighted by molar-refractivity contribution is 0.323. The lowest BCUT2D eigenvalue weighted by Crippen LogP contribution is -2.33. The number of aryl methyl sites for hydroxylation is 1. The van der Waals surface area contributed by atoms with Crippen LogP contribution >= 0.6 is 0 Å². The van der Waals surface area contributed by atoms with E-state index in [-0.39, 0.29) is 12.1 Å². The number of aromatic nitrogens is 2. The molecule has 3 aromatic rings. The first-order valence-electron chi connectivity index (χ1n) is 8.44. The van der Waals surface area contributed by atoms with Crippen LogP contribution in [0.15, 0.2) is 65.8 Å². The molecule has 0 saturated carbocycles. The lowest BCUT2D eigenvalue weighted by atomic mass is 10.1. The summed E-state index contributed by atoms with van der Waals surface area (Å²) in [5.74, 6) is 0. The van der Waals surface area contributed by atoms with Gasteiger partial charge in [-0.1, -0.05) is 17.7 Å². The number of sulfonamides is 1. The Hall–Kier alpha value is -2.31. The van der Waals surface area contributed by atoms with Crippen LogP contribution in [0, 0.1) is 6.92 Å². The highest BCUT2D eigenvalue weighted by molar-refractivity contribution is 7.89. The van der Waals surface area contributed by atoms with E-state index in [2.05, 4.69) is 9.97 Å². The Labute approximate surface area is 147 Å². The van der Waals surface area contributed by atoms with E-state index in [0.717, 1.165) is 29.8 Å². The summed E-state index contributed by atoms with van der Waals surface area (Å²) in [6.07, 6.45) is 5.26. The van der Waals surface area contributed by atoms with Crippen molar-refractivity contribution in [3.05, 3.63) is 77.9 Å². The number of H-pyrrole nitrogens is 2. The van der Waals surface area contributed by atoms with E-state index in [0.29, 0.717) is 4.90 Å². The Bertz CT molecular complexity index is 887. The van der Waals surface area contributed by atoms with Crippen LogP contribution < -0.4 is 0 Å². The van der Waals surface area contributed by atoms with Gasteiger partial charge in [-0.3, -0.25) is 0 Å². The molecule has 3 heterocycles. The molecule has 0 unspecified atom stereocenters. The molecule has 1 aromatic carbocycles. The van der Waals surface area contributed by atoms with Gasteiger partial charge in [-0.05, 0) is 56.2 Å². The lowest BCUT2D eigenvalue weighted by Gasteiger charge is -2.28. The number of benzene rings is 1. The Balaban J connectivity index is 1.81. The van der Waals surface area contributed by atoms with Gasteiger partial charge >= 0.3 is 0 Å². The van der Waals surface area contributed by atoms with Crippen LogP contribution in [-0.4, -0.2) is 22.7 Å². The van der Waals surface area contributed by atoms with E-state index in [4.69, 9.17) is 0 Å². The van der Waals surface area contributed by atoms with Gasteiger partial charge in [0.15, 0.2) is 0 Å². The van der Waals surface area contributed by atoms with Crippen molar-refractivity contribution < 1.29 is 8.42 Å². The molecule has 2 N–H and O–H groups in total. The molecule has 6 heteroatoms. The molecule has 2 atom stereocenters. The molecule has 1 aliphatic heterocycles. The fourth-order valence-corrected chi connectivity index (χ4v) is 5.47.